The monoisotopic (exact) mass is 492 g/mol. The molecule has 0 radical (unpaired) electrons. The molecule has 0 saturated heterocycles. The fraction of sp³-hybridized carbons (Fsp3) is 0.0526. The summed E-state index contributed by atoms with van der Waals surface area (Å²) in [6.45, 7) is 0. The second-order valence-corrected chi connectivity index (χ2v) is 9.27. The maximum Gasteiger partial charge on any atom is 0.283 e. The molecule has 152 valence electrons. The highest BCUT2D eigenvalue weighted by Gasteiger charge is 2.52. The molecular formula is C19H12Cl4O5S. The molecule has 0 bridgehead atoms. The van der Waals surface area contributed by atoms with E-state index in [2.05, 4.69) is 0 Å². The first kappa shape index (κ1) is 22.0. The third kappa shape index (κ3) is 3.65. The van der Waals surface area contributed by atoms with Crippen molar-refractivity contribution in [2.45, 2.75) is 4.75 Å². The Morgan fingerprint density at radius 1 is 0.793 bits per heavy atom. The van der Waals surface area contributed by atoms with Crippen molar-refractivity contribution in [2.24, 2.45) is 0 Å². The second kappa shape index (κ2) is 7.87. The zero-order valence-electron chi connectivity index (χ0n) is 14.3. The van der Waals surface area contributed by atoms with E-state index in [1.807, 2.05) is 0 Å². The van der Waals surface area contributed by atoms with Crippen LogP contribution in [0.3, 0.4) is 0 Å². The summed E-state index contributed by atoms with van der Waals surface area (Å²) in [5, 5.41) is 20.1. The summed E-state index contributed by atoms with van der Waals surface area (Å²) in [5.41, 5.74) is -0.582. The summed E-state index contributed by atoms with van der Waals surface area (Å²) in [4.78, 5) is 0. The van der Waals surface area contributed by atoms with E-state index in [1.54, 1.807) is 0 Å². The number of benzene rings is 3. The highest BCUT2D eigenvalue weighted by Crippen LogP contribution is 2.53. The molecule has 5 nitrogen and oxygen atoms in total. The SMILES string of the molecule is O=S(=O)(O)C(c1ccc(Cl)cc1)(c1ccc(O)cc1Cl)c1c(O)ccc(Cl)c1Cl. The van der Waals surface area contributed by atoms with Crippen LogP contribution in [-0.4, -0.2) is 23.2 Å². The molecule has 3 aromatic carbocycles. The van der Waals surface area contributed by atoms with Gasteiger partial charge in [0.1, 0.15) is 11.5 Å². The Morgan fingerprint density at radius 3 is 1.97 bits per heavy atom. The van der Waals surface area contributed by atoms with Gasteiger partial charge < -0.3 is 10.2 Å². The molecule has 1 atom stereocenters. The van der Waals surface area contributed by atoms with Crippen molar-refractivity contribution in [2.75, 3.05) is 0 Å². The summed E-state index contributed by atoms with van der Waals surface area (Å²) in [6.07, 6.45) is 0. The zero-order chi connectivity index (χ0) is 21.6. The number of halogens is 4. The van der Waals surface area contributed by atoms with Gasteiger partial charge in [0.15, 0.2) is 4.75 Å². The predicted molar refractivity (Wildman–Crippen MR) is 114 cm³/mol. The minimum atomic E-state index is -5.11. The van der Waals surface area contributed by atoms with Crippen LogP contribution in [0.2, 0.25) is 20.1 Å². The Morgan fingerprint density at radius 2 is 1.41 bits per heavy atom. The molecule has 0 fully saturated rings. The first-order valence-electron chi connectivity index (χ1n) is 7.89. The molecule has 10 heteroatoms. The van der Waals surface area contributed by atoms with Crippen molar-refractivity contribution in [1.29, 1.82) is 0 Å². The van der Waals surface area contributed by atoms with E-state index in [0.717, 1.165) is 12.1 Å². The van der Waals surface area contributed by atoms with Crippen LogP contribution in [-0.2, 0) is 14.9 Å². The lowest BCUT2D eigenvalue weighted by molar-refractivity contribution is 0.440. The fourth-order valence-electron chi connectivity index (χ4n) is 3.20. The Balaban J connectivity index is 2.63. The van der Waals surface area contributed by atoms with E-state index in [0.29, 0.717) is 5.02 Å². The lowest BCUT2D eigenvalue weighted by Gasteiger charge is -2.34. The van der Waals surface area contributed by atoms with E-state index in [9.17, 15) is 23.2 Å². The molecule has 0 aromatic heterocycles. The standard InChI is InChI=1S/C19H12Cl4O5S/c20-11-3-1-10(2-4-11)19(29(26,27)28,13-6-5-12(24)9-15(13)22)17-16(25)8-7-14(21)18(17)23/h1-9,24-25H,(H,26,27,28). The van der Waals surface area contributed by atoms with Crippen LogP contribution in [0.5, 0.6) is 11.5 Å². The molecule has 29 heavy (non-hydrogen) atoms. The van der Waals surface area contributed by atoms with Crippen LogP contribution < -0.4 is 0 Å². The Kier molecular flexibility index (Phi) is 5.98. The molecular weight excluding hydrogens is 482 g/mol. The van der Waals surface area contributed by atoms with Gasteiger partial charge in [-0.3, -0.25) is 4.55 Å². The fourth-order valence-corrected chi connectivity index (χ4v) is 5.57. The van der Waals surface area contributed by atoms with Crippen molar-refractivity contribution in [3.05, 3.63) is 91.4 Å². The molecule has 3 aromatic rings. The van der Waals surface area contributed by atoms with E-state index in [4.69, 9.17) is 46.4 Å². The number of hydrogen-bond acceptors (Lipinski definition) is 4. The molecule has 0 aliphatic rings. The number of aromatic hydroxyl groups is 2. The molecule has 3 rings (SSSR count). The zero-order valence-corrected chi connectivity index (χ0v) is 18.1. The van der Waals surface area contributed by atoms with E-state index < -0.39 is 26.2 Å². The topological polar surface area (TPSA) is 94.8 Å². The summed E-state index contributed by atoms with van der Waals surface area (Å²) in [5.74, 6) is -0.781. The van der Waals surface area contributed by atoms with Crippen LogP contribution in [0.1, 0.15) is 16.7 Å². The summed E-state index contributed by atoms with van der Waals surface area (Å²) in [6, 6.07) is 11.4. The predicted octanol–water partition coefficient (Wildman–Crippen LogP) is 5.89. The van der Waals surface area contributed by atoms with E-state index >= 15 is 0 Å². The molecule has 3 N–H and O–H groups in total. The highest BCUT2D eigenvalue weighted by molar-refractivity contribution is 7.87. The smallest absolute Gasteiger partial charge is 0.283 e. The Bertz CT molecular complexity index is 1200. The van der Waals surface area contributed by atoms with Gasteiger partial charge in [-0.15, -0.1) is 0 Å². The van der Waals surface area contributed by atoms with Crippen molar-refractivity contribution < 1.29 is 23.2 Å². The maximum absolute atomic E-state index is 13.0. The number of rotatable bonds is 4. The third-order valence-electron chi connectivity index (χ3n) is 4.39. The van der Waals surface area contributed by atoms with E-state index in [1.165, 1.54) is 42.5 Å². The van der Waals surface area contributed by atoms with Crippen molar-refractivity contribution in [1.82, 2.24) is 0 Å². The molecule has 0 aliphatic carbocycles. The van der Waals surface area contributed by atoms with Gasteiger partial charge in [0.05, 0.1) is 10.0 Å². The van der Waals surface area contributed by atoms with Crippen LogP contribution >= 0.6 is 46.4 Å². The first-order chi connectivity index (χ1) is 13.5. The maximum atomic E-state index is 13.0. The van der Waals surface area contributed by atoms with Gasteiger partial charge >= 0.3 is 0 Å². The van der Waals surface area contributed by atoms with Gasteiger partial charge in [0.2, 0.25) is 0 Å². The quantitative estimate of drug-likeness (QED) is 0.311. The Labute approximate surface area is 186 Å². The summed E-state index contributed by atoms with van der Waals surface area (Å²) in [7, 11) is -5.11. The van der Waals surface area contributed by atoms with E-state index in [-0.39, 0.29) is 31.9 Å². The van der Waals surface area contributed by atoms with Gasteiger partial charge in [-0.25, -0.2) is 0 Å². The third-order valence-corrected chi connectivity index (χ3v) is 7.20. The van der Waals surface area contributed by atoms with Crippen LogP contribution in [0.4, 0.5) is 0 Å². The lowest BCUT2D eigenvalue weighted by Crippen LogP contribution is -2.39. The second-order valence-electron chi connectivity index (χ2n) is 6.08. The van der Waals surface area contributed by atoms with Gasteiger partial charge in [-0.05, 0) is 42.0 Å². The minimum absolute atomic E-state index is 0.0172. The van der Waals surface area contributed by atoms with Crippen LogP contribution in [0, 0.1) is 0 Å². The number of phenolic OH excluding ortho intramolecular Hbond substituents is 2. The van der Waals surface area contributed by atoms with Gasteiger partial charge in [-0.1, -0.05) is 64.6 Å². The van der Waals surface area contributed by atoms with Gasteiger partial charge in [0.25, 0.3) is 10.1 Å². The van der Waals surface area contributed by atoms with Crippen molar-refractivity contribution >= 4 is 56.5 Å². The largest absolute Gasteiger partial charge is 0.508 e. The lowest BCUT2D eigenvalue weighted by atomic mass is 9.83. The number of phenols is 2. The van der Waals surface area contributed by atoms with Gasteiger partial charge in [-0.2, -0.15) is 8.42 Å². The average molecular weight is 494 g/mol. The summed E-state index contributed by atoms with van der Waals surface area (Å²) >= 11 is 24.6. The van der Waals surface area contributed by atoms with Gasteiger partial charge in [0, 0.05) is 21.2 Å². The number of hydrogen-bond donors (Lipinski definition) is 3. The Hall–Kier alpha value is -1.67. The summed E-state index contributed by atoms with van der Waals surface area (Å²) < 4.78 is 34.0. The highest BCUT2D eigenvalue weighted by atomic mass is 35.5. The normalized spacial score (nSPS) is 13.8. The van der Waals surface area contributed by atoms with Crippen molar-refractivity contribution in [3.8, 4) is 11.5 Å². The molecule has 0 spiro atoms. The molecule has 0 saturated carbocycles. The first-order valence-corrected chi connectivity index (χ1v) is 10.8. The molecule has 0 heterocycles. The van der Waals surface area contributed by atoms with Crippen molar-refractivity contribution in [3.63, 3.8) is 0 Å². The minimum Gasteiger partial charge on any atom is -0.508 e. The van der Waals surface area contributed by atoms with Crippen LogP contribution in [0.25, 0.3) is 0 Å². The molecule has 0 amide bonds. The molecule has 0 aliphatic heterocycles. The molecule has 1 unspecified atom stereocenters. The average Bonchev–Trinajstić information content (AvgIpc) is 2.63. The van der Waals surface area contributed by atoms with Crippen LogP contribution in [0.15, 0.2) is 54.6 Å².